The van der Waals surface area contributed by atoms with Crippen molar-refractivity contribution in [3.05, 3.63) is 42.0 Å². The number of carbonyl (C=O) groups excluding carboxylic acids is 3. The highest BCUT2D eigenvalue weighted by Crippen LogP contribution is 2.35. The van der Waals surface area contributed by atoms with E-state index >= 15 is 0 Å². The molecule has 3 atom stereocenters. The molecule has 2 aromatic rings. The van der Waals surface area contributed by atoms with Crippen LogP contribution in [0.3, 0.4) is 0 Å². The average Bonchev–Trinajstić information content (AvgIpc) is 3.47. The van der Waals surface area contributed by atoms with E-state index < -0.39 is 12.1 Å². The third-order valence-corrected chi connectivity index (χ3v) is 8.33. The number of urea groups is 1. The van der Waals surface area contributed by atoms with Crippen molar-refractivity contribution in [3.63, 3.8) is 0 Å². The number of hydrogen-bond acceptors (Lipinski definition) is 7. The molecule has 0 spiro atoms. The van der Waals surface area contributed by atoms with Gasteiger partial charge < -0.3 is 39.8 Å². The van der Waals surface area contributed by atoms with Crippen LogP contribution in [-0.2, 0) is 4.79 Å². The third kappa shape index (κ3) is 6.56. The summed E-state index contributed by atoms with van der Waals surface area (Å²) < 4.78 is 17.1. The van der Waals surface area contributed by atoms with Crippen LogP contribution in [0.25, 0.3) is 0 Å². The molecule has 3 aliphatic rings. The summed E-state index contributed by atoms with van der Waals surface area (Å²) in [7, 11) is 1.68. The van der Waals surface area contributed by atoms with Gasteiger partial charge in [-0.05, 0) is 50.1 Å². The number of aliphatic hydroxyl groups is 1. The number of nitrogens with one attached hydrogen (secondary N) is 2. The highest BCUT2D eigenvalue weighted by atomic mass is 16.7. The fourth-order valence-electron chi connectivity index (χ4n) is 5.67. The lowest BCUT2D eigenvalue weighted by molar-refractivity contribution is -0.120. The molecule has 1 aliphatic carbocycles. The van der Waals surface area contributed by atoms with Crippen molar-refractivity contribution in [1.29, 1.82) is 0 Å². The van der Waals surface area contributed by atoms with Gasteiger partial charge in [-0.3, -0.25) is 9.59 Å². The summed E-state index contributed by atoms with van der Waals surface area (Å²) >= 11 is 0. The molecular weight excluding hydrogens is 540 g/mol. The second kappa shape index (κ2) is 12.9. The Labute approximate surface area is 246 Å². The van der Waals surface area contributed by atoms with Crippen molar-refractivity contribution >= 4 is 29.2 Å². The molecule has 0 unspecified atom stereocenters. The van der Waals surface area contributed by atoms with Gasteiger partial charge in [-0.2, -0.15) is 0 Å². The predicted octanol–water partition coefficient (Wildman–Crippen LogP) is 4.32. The first kappa shape index (κ1) is 29.5. The highest BCUT2D eigenvalue weighted by Gasteiger charge is 2.34. The molecule has 2 aromatic carbocycles. The van der Waals surface area contributed by atoms with Gasteiger partial charge in [-0.15, -0.1) is 0 Å². The van der Waals surface area contributed by atoms with E-state index in [1.807, 2.05) is 6.92 Å². The number of ether oxygens (including phenoxy) is 3. The van der Waals surface area contributed by atoms with Gasteiger partial charge in [-0.1, -0.05) is 26.2 Å². The Bertz CT molecular complexity index is 1310. The minimum absolute atomic E-state index is 0.0248. The van der Waals surface area contributed by atoms with Gasteiger partial charge in [0.1, 0.15) is 11.9 Å². The van der Waals surface area contributed by atoms with Crippen LogP contribution >= 0.6 is 0 Å². The second-order valence-corrected chi connectivity index (χ2v) is 11.5. The maximum atomic E-state index is 13.7. The van der Waals surface area contributed by atoms with Crippen LogP contribution in [0.4, 0.5) is 16.2 Å². The topological polar surface area (TPSA) is 130 Å². The van der Waals surface area contributed by atoms with E-state index in [2.05, 4.69) is 10.6 Å². The molecule has 3 N–H and O–H groups in total. The van der Waals surface area contributed by atoms with Crippen molar-refractivity contribution in [2.45, 2.75) is 58.1 Å². The molecule has 11 nitrogen and oxygen atoms in total. The summed E-state index contributed by atoms with van der Waals surface area (Å²) in [6.45, 7) is 4.26. The molecular formula is C31H40N4O7. The van der Waals surface area contributed by atoms with Crippen molar-refractivity contribution in [3.8, 4) is 17.2 Å². The number of rotatable bonds is 7. The normalized spacial score (nSPS) is 21.0. The molecule has 2 aliphatic heterocycles. The molecule has 0 aromatic heterocycles. The number of hydrogen-bond donors (Lipinski definition) is 3. The largest absolute Gasteiger partial charge is 0.487 e. The van der Waals surface area contributed by atoms with Crippen molar-refractivity contribution in [2.75, 3.05) is 44.2 Å². The van der Waals surface area contributed by atoms with Gasteiger partial charge in [0, 0.05) is 42.9 Å². The first-order valence-electron chi connectivity index (χ1n) is 14.7. The summed E-state index contributed by atoms with van der Waals surface area (Å²) in [4.78, 5) is 42.9. The van der Waals surface area contributed by atoms with E-state index in [1.165, 1.54) is 4.90 Å². The molecule has 1 saturated carbocycles. The minimum Gasteiger partial charge on any atom is -0.487 e. The molecule has 226 valence electrons. The quantitative estimate of drug-likeness (QED) is 0.445. The van der Waals surface area contributed by atoms with Crippen molar-refractivity contribution < 1.29 is 33.7 Å². The van der Waals surface area contributed by atoms with Gasteiger partial charge in [0.2, 0.25) is 12.7 Å². The van der Waals surface area contributed by atoms with E-state index in [0.29, 0.717) is 40.7 Å². The Hall–Kier alpha value is -3.99. The Kier molecular flexibility index (Phi) is 9.06. The number of benzene rings is 2. The van der Waals surface area contributed by atoms with E-state index in [4.69, 9.17) is 14.2 Å². The molecule has 0 bridgehead atoms. The van der Waals surface area contributed by atoms with Gasteiger partial charge in [0.15, 0.2) is 11.5 Å². The van der Waals surface area contributed by atoms with Crippen LogP contribution in [0, 0.1) is 11.8 Å². The Morgan fingerprint density at radius 1 is 1.02 bits per heavy atom. The summed E-state index contributed by atoms with van der Waals surface area (Å²) in [5, 5.41) is 15.8. The van der Waals surface area contributed by atoms with Crippen LogP contribution < -0.4 is 24.8 Å². The Balaban J connectivity index is 1.33. The number of likely N-dealkylation sites (N-methyl/N-ethyl adjacent to an activating group) is 1. The second-order valence-electron chi connectivity index (χ2n) is 11.5. The number of nitrogens with zero attached hydrogens (tertiary/aromatic N) is 2. The van der Waals surface area contributed by atoms with Crippen LogP contribution in [0.1, 0.15) is 56.3 Å². The fraction of sp³-hybridized carbons (Fsp3) is 0.516. The van der Waals surface area contributed by atoms with Crippen molar-refractivity contribution in [1.82, 2.24) is 9.80 Å². The molecule has 42 heavy (non-hydrogen) atoms. The third-order valence-electron chi connectivity index (χ3n) is 8.33. The average molecular weight is 581 g/mol. The molecule has 5 rings (SSSR count). The van der Waals surface area contributed by atoms with Crippen LogP contribution in [0.15, 0.2) is 36.4 Å². The molecule has 11 heteroatoms. The first-order chi connectivity index (χ1) is 20.2. The Morgan fingerprint density at radius 3 is 2.45 bits per heavy atom. The number of aliphatic hydroxyl groups excluding tert-OH is 1. The maximum absolute atomic E-state index is 13.7. The predicted molar refractivity (Wildman–Crippen MR) is 157 cm³/mol. The maximum Gasteiger partial charge on any atom is 0.321 e. The SMILES string of the molecule is C[C@@H]1CN([C@H](C)CO)C(=O)c2cc(NC(=O)C3CCCCC3)ccc2O[C@H]1CN(C)C(=O)Nc1ccc2c(c1)OCO2. The monoisotopic (exact) mass is 580 g/mol. The van der Waals surface area contributed by atoms with Crippen molar-refractivity contribution in [2.24, 2.45) is 11.8 Å². The number of fused-ring (bicyclic) bond motifs is 2. The molecule has 4 amide bonds. The van der Waals surface area contributed by atoms with Gasteiger partial charge in [0.05, 0.1) is 24.8 Å². The van der Waals surface area contributed by atoms with Crippen LogP contribution in [0.5, 0.6) is 17.2 Å². The number of carbonyl (C=O) groups is 3. The standard InChI is InChI=1S/C31H40N4O7/c1-19-15-35(20(2)17-36)30(38)24-13-22(32-29(37)21-7-5-4-6-8-21)9-11-25(24)42-28(19)16-34(3)31(39)33-23-10-12-26-27(14-23)41-18-40-26/h9-14,19-21,28,36H,4-8,15-18H2,1-3H3,(H,32,37)(H,33,39)/t19-,20-,28+/m1/s1. The Morgan fingerprint density at radius 2 is 1.71 bits per heavy atom. The summed E-state index contributed by atoms with van der Waals surface area (Å²) in [6.07, 6.45) is 4.53. The van der Waals surface area contributed by atoms with E-state index in [0.717, 1.165) is 32.1 Å². The summed E-state index contributed by atoms with van der Waals surface area (Å²) in [5.41, 5.74) is 1.41. The van der Waals surface area contributed by atoms with Gasteiger partial charge >= 0.3 is 6.03 Å². The van der Waals surface area contributed by atoms with E-state index in [9.17, 15) is 19.5 Å². The van der Waals surface area contributed by atoms with E-state index in [-0.39, 0.29) is 49.6 Å². The van der Waals surface area contributed by atoms with E-state index in [1.54, 1.807) is 55.3 Å². The lowest BCUT2D eigenvalue weighted by atomic mass is 9.88. The molecule has 2 heterocycles. The lowest BCUT2D eigenvalue weighted by Gasteiger charge is -2.38. The zero-order chi connectivity index (χ0) is 29.8. The van der Waals surface area contributed by atoms with Crippen LogP contribution in [-0.4, -0.2) is 78.4 Å². The van der Waals surface area contributed by atoms with Gasteiger partial charge in [0.25, 0.3) is 5.91 Å². The number of amides is 4. The fourth-order valence-corrected chi connectivity index (χ4v) is 5.67. The highest BCUT2D eigenvalue weighted by molar-refractivity contribution is 6.00. The minimum atomic E-state index is -0.458. The molecule has 1 fully saturated rings. The zero-order valence-electron chi connectivity index (χ0n) is 24.4. The smallest absolute Gasteiger partial charge is 0.321 e. The zero-order valence-corrected chi connectivity index (χ0v) is 24.4. The van der Waals surface area contributed by atoms with Crippen LogP contribution in [0.2, 0.25) is 0 Å². The molecule has 0 radical (unpaired) electrons. The summed E-state index contributed by atoms with van der Waals surface area (Å²) in [5.74, 6) is 1.07. The lowest BCUT2D eigenvalue weighted by Crippen LogP contribution is -2.50. The first-order valence-corrected chi connectivity index (χ1v) is 14.7. The number of anilines is 2. The van der Waals surface area contributed by atoms with Gasteiger partial charge in [-0.25, -0.2) is 4.79 Å². The summed E-state index contributed by atoms with van der Waals surface area (Å²) in [6, 6.07) is 9.53. The molecule has 0 saturated heterocycles.